The number of pyridine rings is 1. The molecule has 1 unspecified atom stereocenters. The molecule has 8 aromatic rings. The average molecular weight is 1280 g/mol. The van der Waals surface area contributed by atoms with Crippen LogP contribution >= 0.6 is 11.8 Å². The summed E-state index contributed by atoms with van der Waals surface area (Å²) in [6, 6.07) is 43.8. The SMILES string of the molecule is C=CC(=O)OCCCCCCOc1ccc(OC(=O)c2ccc(OC(=O)c3ccc4c(c3)nc(Sc3ccc(OCCCCCCOC(=O)C=C)cc3)c3cc(C(=O)Oc5ccc(C(O)Oc6ccc(OCCCCCCOC(=O)C=C)cc6)cc5)ccc34)cc2)cc1. The third kappa shape index (κ3) is 22.3. The molecule has 482 valence electrons. The number of aliphatic hydroxyl groups excluding tert-OH is 1. The lowest BCUT2D eigenvalue weighted by molar-refractivity contribution is -0.138. The second-order valence-electron chi connectivity index (χ2n) is 21.1. The number of nitrogens with zero attached hydrogens (tertiary/aromatic N) is 1. The molecule has 1 N–H and O–H groups in total. The minimum absolute atomic E-state index is 0.197. The van der Waals surface area contributed by atoms with Crippen LogP contribution in [0.15, 0.2) is 206 Å². The van der Waals surface area contributed by atoms with Crippen molar-refractivity contribution in [2.45, 2.75) is 93.3 Å². The smallest absolute Gasteiger partial charge is 0.343 e. The Balaban J connectivity index is 0.885. The summed E-state index contributed by atoms with van der Waals surface area (Å²) in [6.45, 7) is 12.8. The van der Waals surface area contributed by atoms with E-state index in [-0.39, 0.29) is 28.2 Å². The summed E-state index contributed by atoms with van der Waals surface area (Å²) in [4.78, 5) is 80.3. The number of fused-ring (bicyclic) bond motifs is 3. The molecule has 0 aliphatic rings. The maximum Gasteiger partial charge on any atom is 0.343 e. The third-order valence-corrected chi connectivity index (χ3v) is 15.2. The number of aromatic nitrogens is 1. The standard InChI is InChI=1S/C74H73NO17S/c1-4-67(76)86-46-16-10-7-13-43-83-55-29-33-60(34-30-55)89-71(79)51-19-25-58(26-20-51)91-73(81)53-23-41-63-64-42-24-54(50-66(64)75-70(65(63)49-53)93-62-39-37-57(38-40-62)85-45-15-9-12-18-48-88-69(78)6-3)74(82)92-59-27-21-52(22-28-59)72(80)90-61-35-31-56(32-36-61)84-44-14-8-11-17-47-87-68(77)5-2/h4-6,19-42,49-50,71,79H,1-3,7-18,43-48H2. The normalized spacial score (nSPS) is 11.2. The molecule has 0 spiro atoms. The molecule has 7 aromatic carbocycles. The van der Waals surface area contributed by atoms with Crippen molar-refractivity contribution in [2.24, 2.45) is 0 Å². The van der Waals surface area contributed by atoms with Crippen molar-refractivity contribution in [3.8, 4) is 40.2 Å². The molecule has 0 bridgehead atoms. The molecule has 8 rings (SSSR count). The Morgan fingerprint density at radius 2 is 0.742 bits per heavy atom. The van der Waals surface area contributed by atoms with Crippen molar-refractivity contribution < 1.29 is 81.2 Å². The summed E-state index contributed by atoms with van der Waals surface area (Å²) in [5.41, 5.74) is 1.62. The van der Waals surface area contributed by atoms with Crippen molar-refractivity contribution >= 4 is 69.3 Å². The van der Waals surface area contributed by atoms with Gasteiger partial charge >= 0.3 is 35.8 Å². The highest BCUT2D eigenvalue weighted by Crippen LogP contribution is 2.38. The van der Waals surface area contributed by atoms with Gasteiger partial charge in [-0.05, 0) is 228 Å². The third-order valence-electron chi connectivity index (χ3n) is 14.2. The Morgan fingerprint density at radius 1 is 0.387 bits per heavy atom. The van der Waals surface area contributed by atoms with Gasteiger partial charge in [-0.1, -0.05) is 43.6 Å². The summed E-state index contributed by atoms with van der Waals surface area (Å²) in [5, 5.41) is 13.6. The van der Waals surface area contributed by atoms with Gasteiger partial charge in [0, 0.05) is 39.5 Å². The lowest BCUT2D eigenvalue weighted by Gasteiger charge is -2.15. The first-order valence-electron chi connectivity index (χ1n) is 30.7. The number of rotatable bonds is 38. The van der Waals surface area contributed by atoms with Crippen LogP contribution in [-0.4, -0.2) is 85.5 Å². The van der Waals surface area contributed by atoms with E-state index in [1.807, 2.05) is 30.3 Å². The van der Waals surface area contributed by atoms with E-state index >= 15 is 0 Å². The number of hydrogen-bond donors (Lipinski definition) is 1. The van der Waals surface area contributed by atoms with E-state index in [2.05, 4.69) is 19.7 Å². The van der Waals surface area contributed by atoms with Gasteiger partial charge in [0.2, 0.25) is 6.29 Å². The van der Waals surface area contributed by atoms with Gasteiger partial charge in [-0.2, -0.15) is 0 Å². The highest BCUT2D eigenvalue weighted by molar-refractivity contribution is 7.99. The monoisotopic (exact) mass is 1280 g/mol. The summed E-state index contributed by atoms with van der Waals surface area (Å²) in [5.74, 6) is -0.0276. The van der Waals surface area contributed by atoms with Crippen molar-refractivity contribution in [3.63, 3.8) is 0 Å². The van der Waals surface area contributed by atoms with Gasteiger partial charge in [0.05, 0.1) is 61.8 Å². The minimum Gasteiger partial charge on any atom is -0.494 e. The minimum atomic E-state index is -1.32. The van der Waals surface area contributed by atoms with Gasteiger partial charge in [0.1, 0.15) is 45.3 Å². The van der Waals surface area contributed by atoms with Crippen molar-refractivity contribution in [2.75, 3.05) is 39.6 Å². The van der Waals surface area contributed by atoms with Crippen molar-refractivity contribution in [1.82, 2.24) is 4.98 Å². The highest BCUT2D eigenvalue weighted by atomic mass is 32.2. The van der Waals surface area contributed by atoms with Gasteiger partial charge in [-0.15, -0.1) is 0 Å². The summed E-state index contributed by atoms with van der Waals surface area (Å²) >= 11 is 1.36. The zero-order valence-corrected chi connectivity index (χ0v) is 52.3. The first kappa shape index (κ1) is 68.7. The van der Waals surface area contributed by atoms with E-state index in [0.29, 0.717) is 95.3 Å². The second-order valence-corrected chi connectivity index (χ2v) is 22.1. The molecule has 93 heavy (non-hydrogen) atoms. The zero-order chi connectivity index (χ0) is 65.6. The van der Waals surface area contributed by atoms with E-state index in [9.17, 15) is 33.9 Å². The Labute approximate surface area is 544 Å². The van der Waals surface area contributed by atoms with Gasteiger partial charge in [0.25, 0.3) is 0 Å². The van der Waals surface area contributed by atoms with Crippen LogP contribution in [0.25, 0.3) is 21.7 Å². The molecular weight excluding hydrogens is 1210 g/mol. The Hall–Kier alpha value is -10.2. The number of carbonyl (C=O) groups is 6. The van der Waals surface area contributed by atoms with Crippen LogP contribution in [0, 0.1) is 0 Å². The van der Waals surface area contributed by atoms with Crippen LogP contribution in [-0.2, 0) is 28.6 Å². The fourth-order valence-corrected chi connectivity index (χ4v) is 10.2. The molecule has 18 nitrogen and oxygen atoms in total. The molecule has 0 saturated carbocycles. The number of ether oxygens (including phenoxy) is 10. The first-order chi connectivity index (χ1) is 45.3. The maximum absolute atomic E-state index is 13.9. The molecule has 1 heterocycles. The molecule has 0 aliphatic carbocycles. The van der Waals surface area contributed by atoms with E-state index in [0.717, 1.165) is 106 Å². The molecule has 0 radical (unpaired) electrons. The van der Waals surface area contributed by atoms with E-state index in [1.54, 1.807) is 103 Å². The zero-order valence-electron chi connectivity index (χ0n) is 51.5. The van der Waals surface area contributed by atoms with E-state index in [1.165, 1.54) is 36.0 Å². The number of carbonyl (C=O) groups excluding carboxylic acids is 6. The Kier molecular flexibility index (Phi) is 27.0. The molecule has 1 aromatic heterocycles. The van der Waals surface area contributed by atoms with Crippen molar-refractivity contribution in [1.29, 1.82) is 0 Å². The number of unbranched alkanes of at least 4 members (excludes halogenated alkanes) is 9. The number of esters is 6. The number of aliphatic hydroxyl groups is 1. The van der Waals surface area contributed by atoms with Gasteiger partial charge < -0.3 is 52.5 Å². The first-order valence-corrected chi connectivity index (χ1v) is 31.5. The van der Waals surface area contributed by atoms with Crippen LogP contribution < -0.4 is 33.2 Å². The quantitative estimate of drug-likeness (QED) is 0.00721. The predicted octanol–water partition coefficient (Wildman–Crippen LogP) is 15.3. The Bertz CT molecular complexity index is 3820. The van der Waals surface area contributed by atoms with E-state index in [4.69, 9.17) is 52.4 Å². The molecule has 0 fully saturated rings. The lowest BCUT2D eigenvalue weighted by Crippen LogP contribution is -2.10. The molecule has 0 aliphatic heterocycles. The molecule has 19 heteroatoms. The summed E-state index contributed by atoms with van der Waals surface area (Å²) in [7, 11) is 0. The fourth-order valence-electron chi connectivity index (χ4n) is 9.24. The molecule has 1 atom stereocenters. The average Bonchev–Trinajstić information content (AvgIpc) is 0.797. The van der Waals surface area contributed by atoms with Crippen LogP contribution in [0.5, 0.6) is 40.2 Å². The van der Waals surface area contributed by atoms with Gasteiger partial charge in [-0.3, -0.25) is 0 Å². The fraction of sp³-hybridized carbons (Fsp3) is 0.257. The largest absolute Gasteiger partial charge is 0.494 e. The molecule has 0 saturated heterocycles. The number of hydrogen-bond acceptors (Lipinski definition) is 19. The Morgan fingerprint density at radius 3 is 1.19 bits per heavy atom. The lowest BCUT2D eigenvalue weighted by atomic mass is 10.0. The summed E-state index contributed by atoms with van der Waals surface area (Å²) in [6.07, 6.45) is 12.3. The van der Waals surface area contributed by atoms with E-state index < -0.39 is 42.1 Å². The topological polar surface area (TPSA) is 228 Å². The van der Waals surface area contributed by atoms with Crippen LogP contribution in [0.1, 0.15) is 120 Å². The summed E-state index contributed by atoms with van der Waals surface area (Å²) < 4.78 is 55.7. The van der Waals surface area contributed by atoms with Gasteiger partial charge in [0.15, 0.2) is 0 Å². The maximum atomic E-state index is 13.9. The van der Waals surface area contributed by atoms with Crippen LogP contribution in [0.2, 0.25) is 0 Å². The van der Waals surface area contributed by atoms with Gasteiger partial charge in [-0.25, -0.2) is 33.8 Å². The van der Waals surface area contributed by atoms with Crippen LogP contribution in [0.4, 0.5) is 0 Å². The highest BCUT2D eigenvalue weighted by Gasteiger charge is 2.20. The predicted molar refractivity (Wildman–Crippen MR) is 351 cm³/mol. The van der Waals surface area contributed by atoms with Crippen LogP contribution in [0.3, 0.4) is 0 Å². The molecule has 0 amide bonds. The number of benzene rings is 7. The van der Waals surface area contributed by atoms with Crippen molar-refractivity contribution in [3.05, 3.63) is 218 Å². The molecular formula is C74H73NO17S. The second kappa shape index (κ2) is 36.6.